The number of azo groups is 1. The van der Waals surface area contributed by atoms with Crippen LogP contribution < -0.4 is 0 Å². The van der Waals surface area contributed by atoms with Gasteiger partial charge in [-0.25, -0.2) is 0 Å². The van der Waals surface area contributed by atoms with Gasteiger partial charge in [-0.3, -0.25) is 0 Å². The van der Waals surface area contributed by atoms with Gasteiger partial charge >= 0.3 is 0 Å². The van der Waals surface area contributed by atoms with Crippen LogP contribution in [0.1, 0.15) is 30.5 Å². The van der Waals surface area contributed by atoms with Crippen molar-refractivity contribution in [2.24, 2.45) is 10.2 Å². The van der Waals surface area contributed by atoms with Gasteiger partial charge < -0.3 is 5.11 Å². The first-order chi connectivity index (χ1) is 12.6. The summed E-state index contributed by atoms with van der Waals surface area (Å²) >= 11 is 0. The van der Waals surface area contributed by atoms with Gasteiger partial charge in [0.25, 0.3) is 0 Å². The maximum Gasteiger partial charge on any atom is 0.143 e. The third kappa shape index (κ3) is 3.43. The highest BCUT2D eigenvalue weighted by Gasteiger charge is 2.07. The van der Waals surface area contributed by atoms with Gasteiger partial charge in [0.1, 0.15) is 11.4 Å². The van der Waals surface area contributed by atoms with Gasteiger partial charge in [0.2, 0.25) is 0 Å². The lowest BCUT2D eigenvalue weighted by Gasteiger charge is -2.05. The first-order valence-electron chi connectivity index (χ1n) is 8.26. The van der Waals surface area contributed by atoms with Crippen LogP contribution in [0, 0.1) is 30.6 Å². The number of nitrogens with zero attached hydrogens (tertiary/aromatic N) is 2. The highest BCUT2D eigenvalue weighted by molar-refractivity contribution is 5.95. The Labute approximate surface area is 153 Å². The van der Waals surface area contributed by atoms with Crippen LogP contribution in [0.5, 0.6) is 5.75 Å². The monoisotopic (exact) mass is 338 g/mol. The van der Waals surface area contributed by atoms with E-state index in [4.69, 9.17) is 0 Å². The maximum absolute atomic E-state index is 10.2. The molecule has 0 radical (unpaired) electrons. The molecule has 3 nitrogen and oxygen atoms in total. The van der Waals surface area contributed by atoms with Crippen LogP contribution in [-0.2, 0) is 0 Å². The first-order valence-corrected chi connectivity index (χ1v) is 8.26. The van der Waals surface area contributed by atoms with Crippen LogP contribution >= 0.6 is 0 Å². The molecule has 3 rings (SSSR count). The number of rotatable bonds is 2. The lowest BCUT2D eigenvalue weighted by Crippen LogP contribution is -1.88. The average Bonchev–Trinajstić information content (AvgIpc) is 2.65. The minimum atomic E-state index is 0.0988. The van der Waals surface area contributed by atoms with Crippen LogP contribution in [0.3, 0.4) is 0 Å². The number of fused-ring (bicyclic) bond motifs is 1. The van der Waals surface area contributed by atoms with Crippen molar-refractivity contribution in [2.45, 2.75) is 20.8 Å². The van der Waals surface area contributed by atoms with E-state index in [-0.39, 0.29) is 5.75 Å². The Balaban J connectivity index is 2.13. The summed E-state index contributed by atoms with van der Waals surface area (Å²) in [5.74, 6) is 12.1. The third-order valence-electron chi connectivity index (χ3n) is 4.06. The second kappa shape index (κ2) is 7.55. The Hall–Kier alpha value is -3.56. The van der Waals surface area contributed by atoms with E-state index in [1.54, 1.807) is 19.9 Å². The first kappa shape index (κ1) is 17.3. The van der Waals surface area contributed by atoms with Crippen LogP contribution in [0.2, 0.25) is 0 Å². The molecule has 3 heteroatoms. The Bertz CT molecular complexity index is 1090. The van der Waals surface area contributed by atoms with E-state index in [1.807, 2.05) is 49.4 Å². The molecule has 0 saturated carbocycles. The maximum atomic E-state index is 10.2. The van der Waals surface area contributed by atoms with Crippen LogP contribution in [0.25, 0.3) is 10.8 Å². The van der Waals surface area contributed by atoms with Crippen molar-refractivity contribution in [3.8, 4) is 29.4 Å². The van der Waals surface area contributed by atoms with Gasteiger partial charge in [0.05, 0.1) is 5.69 Å². The molecule has 1 N–H and O–H groups in total. The summed E-state index contributed by atoms with van der Waals surface area (Å²) in [5.41, 5.74) is 3.89. The van der Waals surface area contributed by atoms with Crippen molar-refractivity contribution in [3.05, 3.63) is 65.2 Å². The molecular formula is C23H18N2O. The second-order valence-electron chi connectivity index (χ2n) is 5.77. The molecule has 0 amide bonds. The molecule has 0 aliphatic rings. The molecule has 3 aromatic carbocycles. The molecule has 0 aliphatic heterocycles. The second-order valence-corrected chi connectivity index (χ2v) is 5.77. The Morgan fingerprint density at radius 3 is 2.15 bits per heavy atom. The Kier molecular flexibility index (Phi) is 5.02. The van der Waals surface area contributed by atoms with E-state index >= 15 is 0 Å². The summed E-state index contributed by atoms with van der Waals surface area (Å²) < 4.78 is 0. The highest BCUT2D eigenvalue weighted by atomic mass is 16.3. The van der Waals surface area contributed by atoms with Crippen molar-refractivity contribution < 1.29 is 5.11 Å². The molecule has 0 fully saturated rings. The van der Waals surface area contributed by atoms with Crippen molar-refractivity contribution in [3.63, 3.8) is 0 Å². The number of phenols is 1. The van der Waals surface area contributed by atoms with E-state index in [9.17, 15) is 5.11 Å². The van der Waals surface area contributed by atoms with Gasteiger partial charge in [-0.05, 0) is 49.9 Å². The number of aromatic hydroxyl groups is 1. The zero-order valence-electron chi connectivity index (χ0n) is 15.0. The molecule has 3 aromatic rings. The molecule has 26 heavy (non-hydrogen) atoms. The molecule has 0 aromatic heterocycles. The summed E-state index contributed by atoms with van der Waals surface area (Å²) in [7, 11) is 0. The minimum Gasteiger partial charge on any atom is -0.506 e. The van der Waals surface area contributed by atoms with Crippen LogP contribution in [0.15, 0.2) is 58.8 Å². The van der Waals surface area contributed by atoms with Crippen molar-refractivity contribution >= 4 is 22.1 Å². The van der Waals surface area contributed by atoms with Crippen molar-refractivity contribution in [1.29, 1.82) is 0 Å². The molecular weight excluding hydrogens is 320 g/mol. The van der Waals surface area contributed by atoms with Gasteiger partial charge in [0, 0.05) is 16.5 Å². The van der Waals surface area contributed by atoms with Crippen molar-refractivity contribution in [1.82, 2.24) is 0 Å². The molecule has 0 atom stereocenters. The minimum absolute atomic E-state index is 0.0988. The van der Waals surface area contributed by atoms with E-state index in [2.05, 4.69) is 33.9 Å². The zero-order chi connectivity index (χ0) is 18.5. The van der Waals surface area contributed by atoms with E-state index < -0.39 is 0 Å². The normalized spacial score (nSPS) is 10.3. The molecule has 126 valence electrons. The third-order valence-corrected chi connectivity index (χ3v) is 4.06. The summed E-state index contributed by atoms with van der Waals surface area (Å²) in [4.78, 5) is 0. The van der Waals surface area contributed by atoms with E-state index in [1.165, 1.54) is 0 Å². The van der Waals surface area contributed by atoms with Crippen LogP contribution in [0.4, 0.5) is 11.4 Å². The van der Waals surface area contributed by atoms with Gasteiger partial charge in [-0.2, -0.15) is 5.11 Å². The summed E-state index contributed by atoms with van der Waals surface area (Å²) in [6, 6.07) is 15.0. The number of phenolic OH excluding ortho intramolecular Hbond substituents is 1. The predicted octanol–water partition coefficient (Wildman–Crippen LogP) is 6.01. The highest BCUT2D eigenvalue weighted by Crippen LogP contribution is 2.36. The summed E-state index contributed by atoms with van der Waals surface area (Å²) in [5, 5.41) is 20.7. The van der Waals surface area contributed by atoms with Gasteiger partial charge in [0.15, 0.2) is 0 Å². The number of hydrogen-bond donors (Lipinski definition) is 1. The predicted molar refractivity (Wildman–Crippen MR) is 106 cm³/mol. The summed E-state index contributed by atoms with van der Waals surface area (Å²) in [6.45, 7) is 5.59. The zero-order valence-corrected chi connectivity index (χ0v) is 15.0. The fourth-order valence-electron chi connectivity index (χ4n) is 2.74. The van der Waals surface area contributed by atoms with Gasteiger partial charge in [-0.15, -0.1) is 17.0 Å². The number of hydrogen-bond acceptors (Lipinski definition) is 3. The lowest BCUT2D eigenvalue weighted by molar-refractivity contribution is 0.477. The quantitative estimate of drug-likeness (QED) is 0.451. The SMILES string of the molecule is CC#Cc1cc(/N=N/c2c(O)ccc3ccccc23)cc(C#CC)c1C. The average molecular weight is 338 g/mol. The standard InChI is InChI=1S/C23H18N2O/c1-4-8-18-14-20(15-19(9-5-2)16(18)3)24-25-23-21-11-7-6-10-17(21)12-13-22(23)26/h6-7,10-15,26H,1-3H3/b25-24+. The molecule has 0 aliphatic carbocycles. The lowest BCUT2D eigenvalue weighted by atomic mass is 10.0. The topological polar surface area (TPSA) is 45.0 Å². The van der Waals surface area contributed by atoms with Crippen molar-refractivity contribution in [2.75, 3.05) is 0 Å². The fraction of sp³-hybridized carbons (Fsp3) is 0.130. The van der Waals surface area contributed by atoms with E-state index in [0.717, 1.165) is 27.5 Å². The molecule has 0 spiro atoms. The fourth-order valence-corrected chi connectivity index (χ4v) is 2.74. The largest absolute Gasteiger partial charge is 0.506 e. The van der Waals surface area contributed by atoms with Gasteiger partial charge in [-0.1, -0.05) is 42.2 Å². The smallest absolute Gasteiger partial charge is 0.143 e. The Morgan fingerprint density at radius 1 is 0.846 bits per heavy atom. The van der Waals surface area contributed by atoms with Crippen LogP contribution in [-0.4, -0.2) is 5.11 Å². The molecule has 0 bridgehead atoms. The molecule has 0 heterocycles. The molecule has 0 saturated heterocycles. The Morgan fingerprint density at radius 2 is 1.50 bits per heavy atom. The number of benzene rings is 3. The summed E-state index contributed by atoms with van der Waals surface area (Å²) in [6.07, 6.45) is 0. The van der Waals surface area contributed by atoms with E-state index in [0.29, 0.717) is 11.4 Å². The molecule has 0 unspecified atom stereocenters.